The number of rotatable bonds is 1. The van der Waals surface area contributed by atoms with Crippen molar-refractivity contribution in [3.63, 3.8) is 0 Å². The Morgan fingerprint density at radius 2 is 2.17 bits per heavy atom. The van der Waals surface area contributed by atoms with Crippen molar-refractivity contribution < 1.29 is 20.7 Å². The summed E-state index contributed by atoms with van der Waals surface area (Å²) in [5, 5.41) is 0. The van der Waals surface area contributed by atoms with Crippen molar-refractivity contribution in [1.82, 2.24) is 3.80 Å². The fraction of sp³-hybridized carbons (Fsp3) is 1.00. The van der Waals surface area contributed by atoms with Crippen molar-refractivity contribution >= 4 is 0 Å². The Morgan fingerprint density at radius 3 is 2.17 bits per heavy atom. The predicted molar refractivity (Wildman–Crippen MR) is 20.8 cm³/mol. The molecule has 6 heavy (non-hydrogen) atoms. The van der Waals surface area contributed by atoms with Crippen molar-refractivity contribution in [2.24, 2.45) is 0 Å². The molecule has 0 aliphatic heterocycles. The quantitative estimate of drug-likeness (QED) is 0.497. The molecule has 33 valence electrons. The Bertz CT molecular complexity index is 40.1. The third-order valence-corrected chi connectivity index (χ3v) is 1.95. The summed E-state index contributed by atoms with van der Waals surface area (Å²) in [5.41, 5.74) is 0. The van der Waals surface area contributed by atoms with E-state index >= 15 is 0 Å². The fourth-order valence-corrected chi connectivity index (χ4v) is 1.00. The van der Waals surface area contributed by atoms with Crippen LogP contribution in [-0.2, 0) is 20.7 Å². The van der Waals surface area contributed by atoms with E-state index in [2.05, 4.69) is 3.80 Å². The number of hydrogen-bond donors (Lipinski definition) is 1. The molecule has 0 saturated heterocycles. The van der Waals surface area contributed by atoms with Crippen LogP contribution in [0.3, 0.4) is 0 Å². The molecule has 0 spiro atoms. The van der Waals surface area contributed by atoms with Gasteiger partial charge in [-0.05, 0) is 0 Å². The Labute approximate surface area is 50.2 Å². The summed E-state index contributed by atoms with van der Waals surface area (Å²) in [6, 6.07) is 0.866. The minimum atomic E-state index is 0.866. The molecular formula is C4H8NTi. The van der Waals surface area contributed by atoms with Gasteiger partial charge in [0.1, 0.15) is 0 Å². The summed E-state index contributed by atoms with van der Waals surface area (Å²) >= 11 is 2.03. The van der Waals surface area contributed by atoms with Crippen molar-refractivity contribution in [3.05, 3.63) is 0 Å². The SMILES string of the molecule is [Ti][NH]C1CCC1. The van der Waals surface area contributed by atoms with Crippen LogP contribution in [0.2, 0.25) is 0 Å². The second-order valence-electron chi connectivity index (χ2n) is 1.77. The van der Waals surface area contributed by atoms with Crippen LogP contribution in [0.5, 0.6) is 0 Å². The first kappa shape index (κ1) is 4.82. The summed E-state index contributed by atoms with van der Waals surface area (Å²) < 4.78 is 3.20. The molecule has 0 amide bonds. The predicted octanol–water partition coefficient (Wildman–Crippen LogP) is 0.590. The molecule has 1 aliphatic carbocycles. The average molecular weight is 118 g/mol. The molecule has 1 nitrogen and oxygen atoms in total. The van der Waals surface area contributed by atoms with E-state index in [1.54, 1.807) is 0 Å². The van der Waals surface area contributed by atoms with Gasteiger partial charge in [0.05, 0.1) is 0 Å². The van der Waals surface area contributed by atoms with E-state index in [-0.39, 0.29) is 0 Å². The zero-order valence-electron chi connectivity index (χ0n) is 3.70. The van der Waals surface area contributed by atoms with Crippen LogP contribution in [0.15, 0.2) is 0 Å². The maximum absolute atomic E-state index is 3.20. The van der Waals surface area contributed by atoms with Gasteiger partial charge in [-0.2, -0.15) is 0 Å². The van der Waals surface area contributed by atoms with E-state index in [0.717, 1.165) is 6.04 Å². The summed E-state index contributed by atoms with van der Waals surface area (Å²) in [6.45, 7) is 0. The first-order chi connectivity index (χ1) is 2.93. The molecule has 0 radical (unpaired) electrons. The van der Waals surface area contributed by atoms with Gasteiger partial charge >= 0.3 is 49.8 Å². The Balaban J connectivity index is 2.01. The van der Waals surface area contributed by atoms with E-state index in [1.165, 1.54) is 19.3 Å². The average Bonchev–Trinajstić information content (AvgIpc) is 1.31. The van der Waals surface area contributed by atoms with Gasteiger partial charge in [0.2, 0.25) is 0 Å². The van der Waals surface area contributed by atoms with E-state index < -0.39 is 0 Å². The second kappa shape index (κ2) is 2.11. The van der Waals surface area contributed by atoms with Gasteiger partial charge in [-0.3, -0.25) is 0 Å². The van der Waals surface area contributed by atoms with Crippen LogP contribution in [0.4, 0.5) is 0 Å². The van der Waals surface area contributed by atoms with Crippen molar-refractivity contribution in [3.8, 4) is 0 Å². The van der Waals surface area contributed by atoms with Crippen molar-refractivity contribution in [2.45, 2.75) is 25.3 Å². The number of hydrogen-bond acceptors (Lipinski definition) is 1. The van der Waals surface area contributed by atoms with Gasteiger partial charge in [0.15, 0.2) is 0 Å². The molecule has 2 heteroatoms. The first-order valence-electron chi connectivity index (χ1n) is 2.36. The normalized spacial score (nSPS) is 23.2. The third-order valence-electron chi connectivity index (χ3n) is 1.31. The topological polar surface area (TPSA) is 12.0 Å². The van der Waals surface area contributed by atoms with Gasteiger partial charge in [0.25, 0.3) is 0 Å². The maximum atomic E-state index is 3.20. The second-order valence-corrected chi connectivity index (χ2v) is 2.22. The molecule has 0 atom stereocenters. The van der Waals surface area contributed by atoms with Gasteiger partial charge in [-0.25, -0.2) is 0 Å². The number of nitrogens with one attached hydrogen (secondary N) is 1. The Morgan fingerprint density at radius 1 is 1.50 bits per heavy atom. The first-order valence-corrected chi connectivity index (χ1v) is 3.14. The molecule has 1 saturated carbocycles. The summed E-state index contributed by atoms with van der Waals surface area (Å²) in [5.74, 6) is 0. The molecule has 1 N–H and O–H groups in total. The van der Waals surface area contributed by atoms with Crippen LogP contribution < -0.4 is 3.80 Å². The molecule has 1 aliphatic rings. The van der Waals surface area contributed by atoms with Crippen LogP contribution in [0, 0.1) is 0 Å². The van der Waals surface area contributed by atoms with E-state index in [9.17, 15) is 0 Å². The monoisotopic (exact) mass is 118 g/mol. The van der Waals surface area contributed by atoms with Gasteiger partial charge in [-0.15, -0.1) is 0 Å². The minimum absolute atomic E-state index is 0.866. The zero-order chi connectivity index (χ0) is 4.41. The summed E-state index contributed by atoms with van der Waals surface area (Å²) in [4.78, 5) is 0. The molecule has 0 aromatic carbocycles. The molecule has 1 fully saturated rings. The molecule has 0 aromatic rings. The van der Waals surface area contributed by atoms with Crippen LogP contribution in [0.25, 0.3) is 0 Å². The molecule has 0 aromatic heterocycles. The van der Waals surface area contributed by atoms with Gasteiger partial charge < -0.3 is 0 Å². The standard InChI is InChI=1S/C4H8N.Ti/c5-4-2-1-3-4;/h4-5H,1-3H2;/q-1;+1. The fourth-order valence-electron chi connectivity index (χ4n) is 0.553. The molecular weight excluding hydrogens is 110 g/mol. The summed E-state index contributed by atoms with van der Waals surface area (Å²) in [6.07, 6.45) is 4.23. The summed E-state index contributed by atoms with van der Waals surface area (Å²) in [7, 11) is 0. The van der Waals surface area contributed by atoms with E-state index in [4.69, 9.17) is 0 Å². The van der Waals surface area contributed by atoms with E-state index in [0.29, 0.717) is 0 Å². The van der Waals surface area contributed by atoms with Crippen LogP contribution in [-0.4, -0.2) is 6.04 Å². The van der Waals surface area contributed by atoms with Crippen LogP contribution in [0.1, 0.15) is 19.3 Å². The third kappa shape index (κ3) is 0.839. The molecule has 0 heterocycles. The zero-order valence-corrected chi connectivity index (χ0v) is 5.26. The van der Waals surface area contributed by atoms with Crippen molar-refractivity contribution in [1.29, 1.82) is 0 Å². The Kier molecular flexibility index (Phi) is 1.69. The molecule has 1 rings (SSSR count). The Hall–Kier alpha value is 0.674. The van der Waals surface area contributed by atoms with Crippen LogP contribution >= 0.6 is 0 Å². The van der Waals surface area contributed by atoms with E-state index in [1.807, 2.05) is 20.7 Å². The molecule has 0 unspecified atom stereocenters. The van der Waals surface area contributed by atoms with Gasteiger partial charge in [0, 0.05) is 0 Å². The van der Waals surface area contributed by atoms with Crippen molar-refractivity contribution in [2.75, 3.05) is 0 Å². The molecule has 0 bridgehead atoms. The van der Waals surface area contributed by atoms with Gasteiger partial charge in [-0.1, -0.05) is 0 Å².